The first kappa shape index (κ1) is 19.9. The summed E-state index contributed by atoms with van der Waals surface area (Å²) < 4.78 is 0. The third-order valence-corrected chi connectivity index (χ3v) is 5.64. The van der Waals surface area contributed by atoms with Gasteiger partial charge in [-0.3, -0.25) is 14.6 Å². The summed E-state index contributed by atoms with van der Waals surface area (Å²) in [6, 6.07) is 21.3. The van der Waals surface area contributed by atoms with Gasteiger partial charge in [0.25, 0.3) is 5.91 Å². The molecule has 0 aliphatic carbocycles. The molecule has 1 aromatic heterocycles. The molecule has 2 heterocycles. The Labute approximate surface area is 185 Å². The van der Waals surface area contributed by atoms with Crippen LogP contribution in [-0.4, -0.2) is 34.7 Å². The number of carbonyl (C=O) groups is 2. The lowest BCUT2D eigenvalue weighted by Crippen LogP contribution is -2.19. The van der Waals surface area contributed by atoms with Gasteiger partial charge in [-0.2, -0.15) is 0 Å². The van der Waals surface area contributed by atoms with Gasteiger partial charge in [0.1, 0.15) is 5.82 Å². The molecule has 4 aromatic rings. The summed E-state index contributed by atoms with van der Waals surface area (Å²) in [5, 5.41) is 2.85. The first-order valence-corrected chi connectivity index (χ1v) is 10.7. The molecule has 1 amide bonds. The maximum absolute atomic E-state index is 13.2. The fraction of sp³-hybridized carbons (Fsp3) is 0.154. The fourth-order valence-electron chi connectivity index (χ4n) is 3.94. The van der Waals surface area contributed by atoms with Gasteiger partial charge in [0.2, 0.25) is 0 Å². The second-order valence-corrected chi connectivity index (χ2v) is 7.86. The van der Waals surface area contributed by atoms with Gasteiger partial charge in [0.15, 0.2) is 5.78 Å². The van der Waals surface area contributed by atoms with Gasteiger partial charge in [0, 0.05) is 35.5 Å². The van der Waals surface area contributed by atoms with Crippen LogP contribution >= 0.6 is 0 Å². The molecular weight excluding hydrogens is 400 g/mol. The second-order valence-electron chi connectivity index (χ2n) is 7.86. The monoisotopic (exact) mass is 422 g/mol. The van der Waals surface area contributed by atoms with Gasteiger partial charge in [0.05, 0.1) is 17.2 Å². The van der Waals surface area contributed by atoms with Crippen LogP contribution in [0.4, 0.5) is 11.5 Å². The molecule has 158 valence electrons. The van der Waals surface area contributed by atoms with Crippen LogP contribution in [0.1, 0.15) is 39.1 Å². The average Bonchev–Trinajstić information content (AvgIpc) is 3.39. The molecule has 1 aliphatic heterocycles. The highest BCUT2D eigenvalue weighted by atomic mass is 16.1. The quantitative estimate of drug-likeness (QED) is 0.471. The number of nitrogens with zero attached hydrogens (tertiary/aromatic N) is 3. The zero-order valence-electron chi connectivity index (χ0n) is 17.5. The van der Waals surface area contributed by atoms with Crippen molar-refractivity contribution in [1.29, 1.82) is 0 Å². The Bertz CT molecular complexity index is 1300. The van der Waals surface area contributed by atoms with Gasteiger partial charge in [-0.25, -0.2) is 4.98 Å². The third-order valence-electron chi connectivity index (χ3n) is 5.64. The molecule has 0 atom stereocenters. The lowest BCUT2D eigenvalue weighted by atomic mass is 10.0. The summed E-state index contributed by atoms with van der Waals surface area (Å²) in [7, 11) is 0. The van der Waals surface area contributed by atoms with E-state index in [4.69, 9.17) is 4.98 Å². The molecule has 6 heteroatoms. The number of fused-ring (bicyclic) bond motifs is 1. The van der Waals surface area contributed by atoms with E-state index < -0.39 is 0 Å². The summed E-state index contributed by atoms with van der Waals surface area (Å²) in [6.07, 6.45) is 4.12. The largest absolute Gasteiger partial charge is 0.355 e. The summed E-state index contributed by atoms with van der Waals surface area (Å²) in [5.74, 6) is 0.506. The molecule has 1 aliphatic rings. The number of ketones is 1. The summed E-state index contributed by atoms with van der Waals surface area (Å²) >= 11 is 0. The average molecular weight is 422 g/mol. The Kier molecular flexibility index (Phi) is 5.34. The Morgan fingerprint density at radius 3 is 2.34 bits per heavy atom. The van der Waals surface area contributed by atoms with E-state index in [-0.39, 0.29) is 11.7 Å². The standard InChI is InChI=1S/C26H22N4O2/c31-25(19-9-6-10-21(15-19)28-26(32)18-7-2-1-3-8-18)20-11-12-22-23(16-20)29-24(17-27-22)30-13-4-5-14-30/h1-3,6-12,15-17H,4-5,13-14H2,(H,28,32). The maximum Gasteiger partial charge on any atom is 0.255 e. The van der Waals surface area contributed by atoms with Crippen LogP contribution in [0.25, 0.3) is 11.0 Å². The van der Waals surface area contributed by atoms with Crippen molar-refractivity contribution in [2.24, 2.45) is 0 Å². The molecule has 1 N–H and O–H groups in total. The molecule has 6 nitrogen and oxygen atoms in total. The molecule has 5 rings (SSSR count). The zero-order chi connectivity index (χ0) is 21.9. The highest BCUT2D eigenvalue weighted by Gasteiger charge is 2.16. The van der Waals surface area contributed by atoms with Crippen LogP contribution in [-0.2, 0) is 0 Å². The summed E-state index contributed by atoms with van der Waals surface area (Å²) in [4.78, 5) is 37.1. The molecule has 0 bridgehead atoms. The van der Waals surface area contributed by atoms with Crippen LogP contribution in [0.3, 0.4) is 0 Å². The van der Waals surface area contributed by atoms with Gasteiger partial charge in [-0.15, -0.1) is 0 Å². The fourth-order valence-corrected chi connectivity index (χ4v) is 3.94. The van der Waals surface area contributed by atoms with Crippen molar-refractivity contribution in [3.8, 4) is 0 Å². The molecule has 0 saturated carbocycles. The van der Waals surface area contributed by atoms with Gasteiger partial charge < -0.3 is 10.2 Å². The van der Waals surface area contributed by atoms with E-state index in [9.17, 15) is 9.59 Å². The van der Waals surface area contributed by atoms with Crippen molar-refractivity contribution < 1.29 is 9.59 Å². The van der Waals surface area contributed by atoms with Crippen molar-refractivity contribution in [2.75, 3.05) is 23.3 Å². The first-order valence-electron chi connectivity index (χ1n) is 10.7. The van der Waals surface area contributed by atoms with Crippen molar-refractivity contribution in [1.82, 2.24) is 9.97 Å². The van der Waals surface area contributed by atoms with E-state index in [0.29, 0.717) is 27.9 Å². The van der Waals surface area contributed by atoms with Crippen molar-refractivity contribution in [2.45, 2.75) is 12.8 Å². The van der Waals surface area contributed by atoms with Crippen LogP contribution in [0.2, 0.25) is 0 Å². The number of amides is 1. The SMILES string of the molecule is O=C(Nc1cccc(C(=O)c2ccc3ncc(N4CCCC4)nc3c2)c1)c1ccccc1. The van der Waals surface area contributed by atoms with Crippen LogP contribution in [0, 0.1) is 0 Å². The first-order chi connectivity index (χ1) is 15.7. The smallest absolute Gasteiger partial charge is 0.255 e. The number of benzene rings is 3. The van der Waals surface area contributed by atoms with Crippen molar-refractivity contribution in [3.63, 3.8) is 0 Å². The molecule has 0 spiro atoms. The number of aromatic nitrogens is 2. The molecule has 0 unspecified atom stereocenters. The Morgan fingerprint density at radius 2 is 1.53 bits per heavy atom. The second kappa shape index (κ2) is 8.59. The molecule has 3 aromatic carbocycles. The third kappa shape index (κ3) is 4.07. The number of hydrogen-bond acceptors (Lipinski definition) is 5. The Hall–Kier alpha value is -4.06. The lowest BCUT2D eigenvalue weighted by molar-refractivity contribution is 0.102. The van der Waals surface area contributed by atoms with Crippen LogP contribution in [0.15, 0.2) is 79.0 Å². The van der Waals surface area contributed by atoms with Crippen LogP contribution in [0.5, 0.6) is 0 Å². The Balaban J connectivity index is 1.39. The summed E-state index contributed by atoms with van der Waals surface area (Å²) in [5.41, 5.74) is 3.63. The van der Waals surface area contributed by atoms with E-state index in [1.54, 1.807) is 54.7 Å². The highest BCUT2D eigenvalue weighted by molar-refractivity contribution is 6.11. The lowest BCUT2D eigenvalue weighted by Gasteiger charge is -2.16. The predicted octanol–water partition coefficient (Wildman–Crippen LogP) is 4.71. The highest BCUT2D eigenvalue weighted by Crippen LogP contribution is 2.22. The van der Waals surface area contributed by atoms with Crippen molar-refractivity contribution in [3.05, 3.63) is 95.7 Å². The van der Waals surface area contributed by atoms with Crippen LogP contribution < -0.4 is 10.2 Å². The minimum absolute atomic E-state index is 0.129. The van der Waals surface area contributed by atoms with Gasteiger partial charge >= 0.3 is 0 Å². The van der Waals surface area contributed by atoms with E-state index >= 15 is 0 Å². The van der Waals surface area contributed by atoms with Gasteiger partial charge in [-0.05, 0) is 55.3 Å². The molecule has 1 saturated heterocycles. The van der Waals surface area contributed by atoms with E-state index in [1.165, 1.54) is 0 Å². The summed E-state index contributed by atoms with van der Waals surface area (Å²) in [6.45, 7) is 1.97. The van der Waals surface area contributed by atoms with E-state index in [2.05, 4.69) is 15.2 Å². The predicted molar refractivity (Wildman–Crippen MR) is 125 cm³/mol. The number of hydrogen-bond donors (Lipinski definition) is 1. The van der Waals surface area contributed by atoms with Crippen molar-refractivity contribution >= 4 is 34.2 Å². The number of nitrogens with one attached hydrogen (secondary N) is 1. The zero-order valence-corrected chi connectivity index (χ0v) is 17.5. The molecule has 32 heavy (non-hydrogen) atoms. The maximum atomic E-state index is 13.2. The normalized spacial score (nSPS) is 13.3. The number of carbonyl (C=O) groups excluding carboxylic acids is 2. The van der Waals surface area contributed by atoms with E-state index in [0.717, 1.165) is 37.3 Å². The number of rotatable bonds is 5. The minimum atomic E-state index is -0.217. The topological polar surface area (TPSA) is 75.2 Å². The Morgan fingerprint density at radius 1 is 0.781 bits per heavy atom. The van der Waals surface area contributed by atoms with E-state index in [1.807, 2.05) is 24.3 Å². The number of anilines is 2. The molecule has 1 fully saturated rings. The molecular formula is C26H22N4O2. The van der Waals surface area contributed by atoms with Gasteiger partial charge in [-0.1, -0.05) is 30.3 Å². The minimum Gasteiger partial charge on any atom is -0.355 e. The molecule has 0 radical (unpaired) electrons.